The van der Waals surface area contributed by atoms with Gasteiger partial charge in [0.25, 0.3) is 0 Å². The van der Waals surface area contributed by atoms with Gasteiger partial charge in [-0.3, -0.25) is 0 Å². The Morgan fingerprint density at radius 2 is 1.45 bits per heavy atom. The predicted molar refractivity (Wildman–Crippen MR) is 47.5 cm³/mol. The molecule has 1 unspecified atom stereocenters. The van der Waals surface area contributed by atoms with Gasteiger partial charge < -0.3 is 0 Å². The minimum atomic E-state index is 0.844. The lowest BCUT2D eigenvalue weighted by molar-refractivity contribution is 0.834. The lowest BCUT2D eigenvalue weighted by Gasteiger charge is -1.95. The van der Waals surface area contributed by atoms with Crippen molar-refractivity contribution < 1.29 is 0 Å². The Hall–Kier alpha value is -0.780. The average Bonchev–Trinajstić information content (AvgIpc) is 2.62. The summed E-state index contributed by atoms with van der Waals surface area (Å²) in [5, 5.41) is 0. The van der Waals surface area contributed by atoms with E-state index in [1.54, 1.807) is 0 Å². The summed E-state index contributed by atoms with van der Waals surface area (Å²) in [7, 11) is 0. The van der Waals surface area contributed by atoms with Gasteiger partial charge in [-0.25, -0.2) is 0 Å². The maximum atomic E-state index is 2.34. The number of rotatable bonds is 1. The first-order valence-electron chi connectivity index (χ1n) is 4.35. The van der Waals surface area contributed by atoms with Crippen LogP contribution >= 0.6 is 0 Å². The standard InChI is InChI=1S/C11H14/c1-8-9(2)11(8)10-6-4-3-5-7-10/h3-9,11H,1-2H3/t8-,9+,11?. The monoisotopic (exact) mass is 146 g/mol. The minimum absolute atomic E-state index is 0.844. The summed E-state index contributed by atoms with van der Waals surface area (Å²) >= 11 is 0. The van der Waals surface area contributed by atoms with Crippen molar-refractivity contribution in [1.29, 1.82) is 0 Å². The van der Waals surface area contributed by atoms with Crippen LogP contribution in [0, 0.1) is 11.8 Å². The second kappa shape index (κ2) is 2.37. The summed E-state index contributed by atoms with van der Waals surface area (Å²) in [6.45, 7) is 4.67. The summed E-state index contributed by atoms with van der Waals surface area (Å²) in [6, 6.07) is 10.8. The predicted octanol–water partition coefficient (Wildman–Crippen LogP) is 3.06. The van der Waals surface area contributed by atoms with E-state index < -0.39 is 0 Å². The van der Waals surface area contributed by atoms with Crippen molar-refractivity contribution in [3.05, 3.63) is 35.9 Å². The van der Waals surface area contributed by atoms with Crippen molar-refractivity contribution in [3.8, 4) is 0 Å². The highest BCUT2D eigenvalue weighted by atomic mass is 14.5. The normalized spacial score (nSPS) is 35.3. The molecule has 11 heavy (non-hydrogen) atoms. The van der Waals surface area contributed by atoms with Gasteiger partial charge in [0.2, 0.25) is 0 Å². The van der Waals surface area contributed by atoms with Crippen LogP contribution in [0.15, 0.2) is 30.3 Å². The molecule has 0 heteroatoms. The maximum Gasteiger partial charge on any atom is -0.0105 e. The third-order valence-corrected chi connectivity index (χ3v) is 3.01. The fourth-order valence-corrected chi connectivity index (χ4v) is 1.95. The molecule has 1 fully saturated rings. The maximum absolute atomic E-state index is 2.34. The van der Waals surface area contributed by atoms with E-state index in [9.17, 15) is 0 Å². The van der Waals surface area contributed by atoms with Gasteiger partial charge in [-0.15, -0.1) is 0 Å². The zero-order valence-electron chi connectivity index (χ0n) is 7.12. The fourth-order valence-electron chi connectivity index (χ4n) is 1.95. The summed E-state index contributed by atoms with van der Waals surface area (Å²) < 4.78 is 0. The molecule has 0 nitrogen and oxygen atoms in total. The van der Waals surface area contributed by atoms with Crippen molar-refractivity contribution in [2.45, 2.75) is 19.8 Å². The van der Waals surface area contributed by atoms with Crippen LogP contribution in [-0.2, 0) is 0 Å². The lowest BCUT2D eigenvalue weighted by Crippen LogP contribution is -1.78. The van der Waals surface area contributed by atoms with Gasteiger partial charge in [-0.2, -0.15) is 0 Å². The Bertz CT molecular complexity index is 229. The molecule has 0 spiro atoms. The molecule has 0 radical (unpaired) electrons. The molecular weight excluding hydrogens is 132 g/mol. The molecule has 0 saturated heterocycles. The van der Waals surface area contributed by atoms with Crippen molar-refractivity contribution in [1.82, 2.24) is 0 Å². The van der Waals surface area contributed by atoms with Crippen LogP contribution in [0.25, 0.3) is 0 Å². The van der Waals surface area contributed by atoms with Crippen molar-refractivity contribution >= 4 is 0 Å². The second-order valence-corrected chi connectivity index (χ2v) is 3.65. The van der Waals surface area contributed by atoms with E-state index in [1.165, 1.54) is 5.56 Å². The zero-order valence-corrected chi connectivity index (χ0v) is 7.12. The molecule has 0 N–H and O–H groups in total. The summed E-state index contributed by atoms with van der Waals surface area (Å²) in [5.41, 5.74) is 1.52. The Kier molecular flexibility index (Phi) is 1.49. The molecule has 1 aliphatic carbocycles. The molecule has 3 atom stereocenters. The number of benzene rings is 1. The van der Waals surface area contributed by atoms with Crippen molar-refractivity contribution in [2.24, 2.45) is 11.8 Å². The molecule has 1 aliphatic rings. The lowest BCUT2D eigenvalue weighted by atomic mass is 10.1. The Labute approximate surface area is 68.3 Å². The SMILES string of the molecule is C[C@@H]1C(c2ccccc2)[C@@H]1C. The summed E-state index contributed by atoms with van der Waals surface area (Å²) in [4.78, 5) is 0. The molecule has 0 heterocycles. The zero-order chi connectivity index (χ0) is 7.84. The van der Waals surface area contributed by atoms with Crippen LogP contribution in [0.1, 0.15) is 25.3 Å². The van der Waals surface area contributed by atoms with E-state index >= 15 is 0 Å². The largest absolute Gasteiger partial charge is 0.0622 e. The molecule has 0 aromatic heterocycles. The quantitative estimate of drug-likeness (QED) is 0.571. The molecule has 1 aromatic rings. The number of hydrogen-bond donors (Lipinski definition) is 0. The van der Waals surface area contributed by atoms with Gasteiger partial charge in [0.15, 0.2) is 0 Å². The molecule has 1 saturated carbocycles. The smallest absolute Gasteiger partial charge is 0.0105 e. The first-order chi connectivity index (χ1) is 5.30. The van der Waals surface area contributed by atoms with Crippen LogP contribution in [0.5, 0.6) is 0 Å². The van der Waals surface area contributed by atoms with Crippen LogP contribution in [0.3, 0.4) is 0 Å². The van der Waals surface area contributed by atoms with Gasteiger partial charge in [-0.1, -0.05) is 44.2 Å². The highest BCUT2D eigenvalue weighted by Gasteiger charge is 2.43. The fraction of sp³-hybridized carbons (Fsp3) is 0.455. The van der Waals surface area contributed by atoms with Crippen LogP contribution in [-0.4, -0.2) is 0 Å². The Balaban J connectivity index is 2.20. The first kappa shape index (κ1) is 6.90. The highest BCUT2D eigenvalue weighted by molar-refractivity contribution is 5.26. The van der Waals surface area contributed by atoms with Gasteiger partial charge in [0.1, 0.15) is 0 Å². The Morgan fingerprint density at radius 1 is 0.909 bits per heavy atom. The molecular formula is C11H14. The minimum Gasteiger partial charge on any atom is -0.0622 e. The van der Waals surface area contributed by atoms with Gasteiger partial charge >= 0.3 is 0 Å². The van der Waals surface area contributed by atoms with E-state index in [0.29, 0.717) is 0 Å². The third kappa shape index (κ3) is 1.07. The van der Waals surface area contributed by atoms with Crippen LogP contribution in [0.2, 0.25) is 0 Å². The number of hydrogen-bond acceptors (Lipinski definition) is 0. The van der Waals surface area contributed by atoms with Gasteiger partial charge in [0.05, 0.1) is 0 Å². The van der Waals surface area contributed by atoms with Crippen LogP contribution < -0.4 is 0 Å². The van der Waals surface area contributed by atoms with E-state index in [2.05, 4.69) is 44.2 Å². The first-order valence-corrected chi connectivity index (χ1v) is 4.35. The average molecular weight is 146 g/mol. The molecule has 1 aromatic carbocycles. The van der Waals surface area contributed by atoms with E-state index in [4.69, 9.17) is 0 Å². The van der Waals surface area contributed by atoms with E-state index in [0.717, 1.165) is 17.8 Å². The van der Waals surface area contributed by atoms with E-state index in [1.807, 2.05) is 0 Å². The van der Waals surface area contributed by atoms with Crippen LogP contribution in [0.4, 0.5) is 0 Å². The third-order valence-electron chi connectivity index (χ3n) is 3.01. The second-order valence-electron chi connectivity index (χ2n) is 3.65. The van der Waals surface area contributed by atoms with Gasteiger partial charge in [0, 0.05) is 0 Å². The summed E-state index contributed by atoms with van der Waals surface area (Å²) in [6.07, 6.45) is 0. The molecule has 0 aliphatic heterocycles. The molecule has 58 valence electrons. The van der Waals surface area contributed by atoms with Crippen molar-refractivity contribution in [3.63, 3.8) is 0 Å². The van der Waals surface area contributed by atoms with E-state index in [-0.39, 0.29) is 0 Å². The topological polar surface area (TPSA) is 0 Å². The van der Waals surface area contributed by atoms with Gasteiger partial charge in [-0.05, 0) is 23.3 Å². The molecule has 0 amide bonds. The molecule has 2 rings (SSSR count). The highest BCUT2D eigenvalue weighted by Crippen LogP contribution is 2.52. The Morgan fingerprint density at radius 3 is 1.91 bits per heavy atom. The van der Waals surface area contributed by atoms with Crippen molar-refractivity contribution in [2.75, 3.05) is 0 Å². The summed E-state index contributed by atoms with van der Waals surface area (Å²) in [5.74, 6) is 2.64. The molecule has 0 bridgehead atoms.